The number of ether oxygens (including phenoxy) is 1. The number of hydrogen-bond donors (Lipinski definition) is 1. The summed E-state index contributed by atoms with van der Waals surface area (Å²) in [4.78, 5) is 17.1. The van der Waals surface area contributed by atoms with Crippen molar-refractivity contribution in [3.8, 4) is 5.75 Å². The largest absolute Gasteiger partial charge is 0.492 e. The fourth-order valence-electron chi connectivity index (χ4n) is 4.10. The number of carbonyl (C=O) groups is 1. The number of amides is 1. The predicted molar refractivity (Wildman–Crippen MR) is 104 cm³/mol. The molecule has 1 unspecified atom stereocenters. The lowest BCUT2D eigenvalue weighted by molar-refractivity contribution is -0.131. The van der Waals surface area contributed by atoms with Crippen molar-refractivity contribution in [3.05, 3.63) is 29.8 Å². The molecule has 26 heavy (non-hydrogen) atoms. The molecule has 144 valence electrons. The van der Waals surface area contributed by atoms with Crippen molar-refractivity contribution in [2.75, 3.05) is 39.3 Å². The van der Waals surface area contributed by atoms with E-state index in [1.54, 1.807) is 0 Å². The second-order valence-electron chi connectivity index (χ2n) is 7.81. The molecule has 1 aromatic rings. The lowest BCUT2D eigenvalue weighted by Crippen LogP contribution is -2.56. The molecule has 1 amide bonds. The summed E-state index contributed by atoms with van der Waals surface area (Å²) in [6, 6.07) is 8.20. The second kappa shape index (κ2) is 9.38. The van der Waals surface area contributed by atoms with E-state index in [2.05, 4.69) is 47.2 Å². The molecule has 0 bridgehead atoms. The molecule has 2 saturated heterocycles. The van der Waals surface area contributed by atoms with Gasteiger partial charge in [-0.05, 0) is 37.9 Å². The number of rotatable bonds is 7. The number of piperidine rings is 1. The topological polar surface area (TPSA) is 44.8 Å². The number of nitrogens with zero attached hydrogens (tertiary/aromatic N) is 2. The van der Waals surface area contributed by atoms with Gasteiger partial charge >= 0.3 is 0 Å². The maximum atomic E-state index is 12.3. The van der Waals surface area contributed by atoms with Crippen molar-refractivity contribution >= 4 is 5.91 Å². The van der Waals surface area contributed by atoms with E-state index >= 15 is 0 Å². The molecule has 0 spiro atoms. The van der Waals surface area contributed by atoms with Gasteiger partial charge in [0.05, 0.1) is 6.04 Å². The zero-order valence-electron chi connectivity index (χ0n) is 16.2. The summed E-state index contributed by atoms with van der Waals surface area (Å²) in [6.45, 7) is 10.7. The molecule has 2 fully saturated rings. The first kappa shape index (κ1) is 19.2. The first-order valence-electron chi connectivity index (χ1n) is 10.1. The zero-order valence-corrected chi connectivity index (χ0v) is 16.2. The van der Waals surface area contributed by atoms with Crippen molar-refractivity contribution in [1.82, 2.24) is 15.1 Å². The van der Waals surface area contributed by atoms with Crippen molar-refractivity contribution in [2.24, 2.45) is 5.92 Å². The summed E-state index contributed by atoms with van der Waals surface area (Å²) < 4.78 is 6.14. The minimum absolute atomic E-state index is 0.0647. The molecule has 5 nitrogen and oxygen atoms in total. The number of likely N-dealkylation sites (tertiary alicyclic amines) is 1. The van der Waals surface area contributed by atoms with Crippen LogP contribution < -0.4 is 10.1 Å². The van der Waals surface area contributed by atoms with E-state index in [1.165, 1.54) is 37.9 Å². The highest BCUT2D eigenvalue weighted by Crippen LogP contribution is 2.23. The highest BCUT2D eigenvalue weighted by molar-refractivity contribution is 5.82. The van der Waals surface area contributed by atoms with Gasteiger partial charge in [0.25, 0.3) is 0 Å². The van der Waals surface area contributed by atoms with E-state index in [9.17, 15) is 4.79 Å². The van der Waals surface area contributed by atoms with Crippen LogP contribution in [0.5, 0.6) is 5.75 Å². The fraction of sp³-hybridized carbons (Fsp3) is 0.667. The molecular weight excluding hydrogens is 326 g/mol. The average Bonchev–Trinajstić information content (AvgIpc) is 2.64. The number of benzene rings is 1. The van der Waals surface area contributed by atoms with Gasteiger partial charge in [-0.2, -0.15) is 0 Å². The minimum Gasteiger partial charge on any atom is -0.492 e. The SMILES string of the molecule is CC(C)C1C(=O)NCCN1Cc1ccccc1OCCN1CCCCC1. The van der Waals surface area contributed by atoms with Crippen molar-refractivity contribution < 1.29 is 9.53 Å². The van der Waals surface area contributed by atoms with Gasteiger partial charge in [-0.1, -0.05) is 38.5 Å². The van der Waals surface area contributed by atoms with E-state index < -0.39 is 0 Å². The summed E-state index contributed by atoms with van der Waals surface area (Å²) in [7, 11) is 0. The first-order valence-corrected chi connectivity index (χ1v) is 10.1. The molecule has 1 atom stereocenters. The summed E-state index contributed by atoms with van der Waals surface area (Å²) in [5.41, 5.74) is 1.17. The van der Waals surface area contributed by atoms with Crippen LogP contribution in [0.2, 0.25) is 0 Å². The Bertz CT molecular complexity index is 584. The monoisotopic (exact) mass is 359 g/mol. The normalized spacial score (nSPS) is 22.4. The average molecular weight is 360 g/mol. The molecule has 0 aliphatic carbocycles. The first-order chi connectivity index (χ1) is 12.6. The van der Waals surface area contributed by atoms with Gasteiger partial charge in [0.1, 0.15) is 12.4 Å². The Morgan fingerprint density at radius 2 is 1.92 bits per heavy atom. The molecular formula is C21H33N3O2. The molecule has 0 radical (unpaired) electrons. The lowest BCUT2D eigenvalue weighted by atomic mass is 9.99. The predicted octanol–water partition coefficient (Wildman–Crippen LogP) is 2.51. The third-order valence-corrected chi connectivity index (χ3v) is 5.45. The van der Waals surface area contributed by atoms with Gasteiger partial charge in [0.2, 0.25) is 5.91 Å². The van der Waals surface area contributed by atoms with E-state index in [0.717, 1.165) is 38.5 Å². The van der Waals surface area contributed by atoms with Crippen LogP contribution in [0.4, 0.5) is 0 Å². The number of carbonyl (C=O) groups excluding carboxylic acids is 1. The Morgan fingerprint density at radius 3 is 2.69 bits per heavy atom. The van der Waals surface area contributed by atoms with Crippen molar-refractivity contribution in [3.63, 3.8) is 0 Å². The molecule has 3 rings (SSSR count). The van der Waals surface area contributed by atoms with E-state index in [-0.39, 0.29) is 11.9 Å². The van der Waals surface area contributed by atoms with Gasteiger partial charge in [-0.3, -0.25) is 14.6 Å². The number of hydrogen-bond acceptors (Lipinski definition) is 4. The van der Waals surface area contributed by atoms with Gasteiger partial charge < -0.3 is 10.1 Å². The third-order valence-electron chi connectivity index (χ3n) is 5.45. The summed E-state index contributed by atoms with van der Waals surface area (Å²) >= 11 is 0. The number of nitrogens with one attached hydrogen (secondary N) is 1. The maximum Gasteiger partial charge on any atom is 0.237 e. The van der Waals surface area contributed by atoms with E-state index in [0.29, 0.717) is 5.92 Å². The zero-order chi connectivity index (χ0) is 18.4. The van der Waals surface area contributed by atoms with Gasteiger partial charge in [0, 0.05) is 31.7 Å². The molecule has 0 aromatic heterocycles. The van der Waals surface area contributed by atoms with Crippen LogP contribution in [-0.2, 0) is 11.3 Å². The molecule has 1 N–H and O–H groups in total. The van der Waals surface area contributed by atoms with Crippen molar-refractivity contribution in [1.29, 1.82) is 0 Å². The standard InChI is InChI=1S/C21H33N3O2/c1-17(2)20-21(25)22-10-13-24(20)16-18-8-4-5-9-19(18)26-15-14-23-11-6-3-7-12-23/h4-5,8-9,17,20H,3,6-7,10-16H2,1-2H3,(H,22,25). The summed E-state index contributed by atoms with van der Waals surface area (Å²) in [5, 5.41) is 3.00. The summed E-state index contributed by atoms with van der Waals surface area (Å²) in [6.07, 6.45) is 3.98. The Morgan fingerprint density at radius 1 is 1.15 bits per heavy atom. The maximum absolute atomic E-state index is 12.3. The quantitative estimate of drug-likeness (QED) is 0.812. The minimum atomic E-state index is -0.0647. The smallest absolute Gasteiger partial charge is 0.237 e. The van der Waals surface area contributed by atoms with E-state index in [1.807, 2.05) is 6.07 Å². The fourth-order valence-corrected chi connectivity index (χ4v) is 4.10. The van der Waals surface area contributed by atoms with Crippen LogP contribution in [0.25, 0.3) is 0 Å². The Hall–Kier alpha value is -1.59. The van der Waals surface area contributed by atoms with Gasteiger partial charge in [-0.25, -0.2) is 0 Å². The van der Waals surface area contributed by atoms with Crippen LogP contribution in [0.15, 0.2) is 24.3 Å². The Kier molecular flexibility index (Phi) is 6.92. The molecule has 5 heteroatoms. The molecule has 2 aliphatic rings. The lowest BCUT2D eigenvalue weighted by Gasteiger charge is -2.37. The Balaban J connectivity index is 1.60. The number of piperazine rings is 1. The van der Waals surface area contributed by atoms with Crippen LogP contribution in [-0.4, -0.2) is 61.1 Å². The summed E-state index contributed by atoms with van der Waals surface area (Å²) in [5.74, 6) is 1.40. The Labute approximate surface area is 157 Å². The van der Waals surface area contributed by atoms with Crippen LogP contribution in [0.1, 0.15) is 38.7 Å². The molecule has 2 heterocycles. The highest BCUT2D eigenvalue weighted by atomic mass is 16.5. The molecule has 0 saturated carbocycles. The third kappa shape index (κ3) is 4.98. The highest BCUT2D eigenvalue weighted by Gasteiger charge is 2.32. The molecule has 1 aromatic carbocycles. The van der Waals surface area contributed by atoms with Gasteiger partial charge in [-0.15, -0.1) is 0 Å². The van der Waals surface area contributed by atoms with Crippen LogP contribution >= 0.6 is 0 Å². The number of para-hydroxylation sites is 1. The van der Waals surface area contributed by atoms with Crippen molar-refractivity contribution in [2.45, 2.75) is 45.7 Å². The van der Waals surface area contributed by atoms with Gasteiger partial charge in [0.15, 0.2) is 0 Å². The van der Waals surface area contributed by atoms with E-state index in [4.69, 9.17) is 4.74 Å². The molecule has 2 aliphatic heterocycles. The van der Waals surface area contributed by atoms with Crippen LogP contribution in [0, 0.1) is 5.92 Å². The van der Waals surface area contributed by atoms with Crippen LogP contribution in [0.3, 0.4) is 0 Å². The second-order valence-corrected chi connectivity index (χ2v) is 7.81.